The van der Waals surface area contributed by atoms with Crippen LogP contribution in [-0.4, -0.2) is 24.1 Å². The van der Waals surface area contributed by atoms with Crippen LogP contribution in [0.4, 0.5) is 11.4 Å². The Bertz CT molecular complexity index is 1320. The summed E-state index contributed by atoms with van der Waals surface area (Å²) in [6.45, 7) is 1.83. The normalized spacial score (nSPS) is 11.1. The summed E-state index contributed by atoms with van der Waals surface area (Å²) in [6.07, 6.45) is 3.49. The Kier molecular flexibility index (Phi) is 5.55. The van der Waals surface area contributed by atoms with Crippen molar-refractivity contribution in [3.63, 3.8) is 0 Å². The first-order valence-corrected chi connectivity index (χ1v) is 11.0. The van der Waals surface area contributed by atoms with Gasteiger partial charge in [-0.15, -0.1) is 0 Å². The molecule has 0 aliphatic rings. The number of anilines is 2. The van der Waals surface area contributed by atoms with Gasteiger partial charge in [0.2, 0.25) is 0 Å². The average Bonchev–Trinajstić information content (AvgIpc) is 3.31. The van der Waals surface area contributed by atoms with Crippen LogP contribution in [0.15, 0.2) is 96.2 Å². The zero-order chi connectivity index (χ0) is 21.8. The maximum atomic E-state index is 12.7. The molecule has 4 aromatic rings. The van der Waals surface area contributed by atoms with Crippen LogP contribution in [0.5, 0.6) is 0 Å². The Morgan fingerprint density at radius 2 is 1.71 bits per heavy atom. The molecule has 0 saturated carbocycles. The number of hydrogen-bond donors (Lipinski definition) is 2. The molecular weight excluding hydrogens is 412 g/mol. The lowest BCUT2D eigenvalue weighted by Gasteiger charge is -2.11. The molecule has 0 aliphatic heterocycles. The summed E-state index contributed by atoms with van der Waals surface area (Å²) in [5, 5.41) is 7.00. The summed E-state index contributed by atoms with van der Waals surface area (Å²) in [4.78, 5) is 12.7. The SMILES string of the molecule is Cc1ccccc1NS(=O)(=O)c1ccc(C(=O)Nc2cccc(-n3cccn3)c2)cc1. The fraction of sp³-hybridized carbons (Fsp3) is 0.0435. The average molecular weight is 433 g/mol. The van der Waals surface area contributed by atoms with Crippen LogP contribution in [0.25, 0.3) is 5.69 Å². The van der Waals surface area contributed by atoms with Crippen molar-refractivity contribution in [2.75, 3.05) is 10.0 Å². The Hall–Kier alpha value is -3.91. The molecule has 2 N–H and O–H groups in total. The first-order chi connectivity index (χ1) is 14.9. The van der Waals surface area contributed by atoms with E-state index in [0.29, 0.717) is 16.9 Å². The van der Waals surface area contributed by atoms with Crippen molar-refractivity contribution in [3.8, 4) is 5.69 Å². The minimum atomic E-state index is -3.76. The van der Waals surface area contributed by atoms with E-state index in [-0.39, 0.29) is 10.8 Å². The van der Waals surface area contributed by atoms with Crippen molar-refractivity contribution in [1.29, 1.82) is 0 Å². The first kappa shape index (κ1) is 20.4. The second-order valence-corrected chi connectivity index (χ2v) is 8.58. The van der Waals surface area contributed by atoms with Crippen LogP contribution in [0.1, 0.15) is 15.9 Å². The summed E-state index contributed by atoms with van der Waals surface area (Å²) < 4.78 is 29.6. The number of para-hydroxylation sites is 1. The Labute approximate surface area is 180 Å². The van der Waals surface area contributed by atoms with E-state index >= 15 is 0 Å². The summed E-state index contributed by atoms with van der Waals surface area (Å²) >= 11 is 0. The molecule has 7 nitrogen and oxygen atoms in total. The van der Waals surface area contributed by atoms with E-state index < -0.39 is 10.0 Å². The molecule has 0 bridgehead atoms. The molecule has 1 aromatic heterocycles. The van der Waals surface area contributed by atoms with Gasteiger partial charge in [-0.2, -0.15) is 5.10 Å². The number of nitrogens with one attached hydrogen (secondary N) is 2. The van der Waals surface area contributed by atoms with Crippen molar-refractivity contribution in [1.82, 2.24) is 9.78 Å². The van der Waals surface area contributed by atoms with Gasteiger partial charge in [-0.05, 0) is 67.1 Å². The second-order valence-electron chi connectivity index (χ2n) is 6.90. The predicted molar refractivity (Wildman–Crippen MR) is 120 cm³/mol. The molecule has 4 rings (SSSR count). The maximum absolute atomic E-state index is 12.7. The highest BCUT2D eigenvalue weighted by molar-refractivity contribution is 7.92. The molecule has 0 atom stereocenters. The number of carbonyl (C=O) groups excluding carboxylic acids is 1. The largest absolute Gasteiger partial charge is 0.322 e. The van der Waals surface area contributed by atoms with E-state index in [9.17, 15) is 13.2 Å². The number of benzene rings is 3. The van der Waals surface area contributed by atoms with E-state index in [1.807, 2.05) is 43.5 Å². The number of hydrogen-bond acceptors (Lipinski definition) is 4. The third-order valence-electron chi connectivity index (χ3n) is 4.69. The van der Waals surface area contributed by atoms with Gasteiger partial charge in [0.25, 0.3) is 15.9 Å². The van der Waals surface area contributed by atoms with Crippen molar-refractivity contribution in [3.05, 3.63) is 102 Å². The minimum absolute atomic E-state index is 0.0768. The molecule has 3 aromatic carbocycles. The third-order valence-corrected chi connectivity index (χ3v) is 6.07. The first-order valence-electron chi connectivity index (χ1n) is 9.52. The van der Waals surface area contributed by atoms with Crippen LogP contribution in [0.3, 0.4) is 0 Å². The molecule has 1 amide bonds. The number of carbonyl (C=O) groups is 1. The standard InChI is InChI=1S/C23H20N4O3S/c1-17-6-2-3-9-22(17)26-31(29,30)21-12-10-18(11-13-21)23(28)25-19-7-4-8-20(16-19)27-15-5-14-24-27/h2-16,26H,1H3,(H,25,28). The van der Waals surface area contributed by atoms with Gasteiger partial charge in [-0.25, -0.2) is 13.1 Å². The fourth-order valence-corrected chi connectivity index (χ4v) is 4.16. The molecule has 1 heterocycles. The lowest BCUT2D eigenvalue weighted by molar-refractivity contribution is 0.102. The Morgan fingerprint density at radius 3 is 2.42 bits per heavy atom. The van der Waals surface area contributed by atoms with Crippen LogP contribution >= 0.6 is 0 Å². The topological polar surface area (TPSA) is 93.1 Å². The van der Waals surface area contributed by atoms with Gasteiger partial charge >= 0.3 is 0 Å². The lowest BCUT2D eigenvalue weighted by Crippen LogP contribution is -2.15. The molecular formula is C23H20N4O3S. The van der Waals surface area contributed by atoms with E-state index in [2.05, 4.69) is 15.1 Å². The van der Waals surface area contributed by atoms with Gasteiger partial charge in [-0.3, -0.25) is 9.52 Å². The smallest absolute Gasteiger partial charge is 0.261 e. The molecule has 0 aliphatic carbocycles. The summed E-state index contributed by atoms with van der Waals surface area (Å²) in [5.41, 5.74) is 3.10. The molecule has 156 valence electrons. The van der Waals surface area contributed by atoms with E-state index in [1.54, 1.807) is 35.1 Å². The zero-order valence-corrected chi connectivity index (χ0v) is 17.5. The lowest BCUT2D eigenvalue weighted by atomic mass is 10.2. The molecule has 31 heavy (non-hydrogen) atoms. The Balaban J connectivity index is 1.48. The minimum Gasteiger partial charge on any atom is -0.322 e. The molecule has 0 unspecified atom stereocenters. The van der Waals surface area contributed by atoms with Gasteiger partial charge in [0.05, 0.1) is 16.3 Å². The van der Waals surface area contributed by atoms with Crippen molar-refractivity contribution < 1.29 is 13.2 Å². The number of nitrogens with zero attached hydrogens (tertiary/aromatic N) is 2. The predicted octanol–water partition coefficient (Wildman–Crippen LogP) is 4.23. The fourth-order valence-electron chi connectivity index (χ4n) is 3.03. The van der Waals surface area contributed by atoms with Crippen LogP contribution in [-0.2, 0) is 10.0 Å². The molecule has 0 radical (unpaired) electrons. The number of amides is 1. The quantitative estimate of drug-likeness (QED) is 0.477. The summed E-state index contributed by atoms with van der Waals surface area (Å²) in [6, 6.07) is 22.0. The van der Waals surface area contributed by atoms with Crippen molar-refractivity contribution >= 4 is 27.3 Å². The molecule has 8 heteroatoms. The Morgan fingerprint density at radius 1 is 0.935 bits per heavy atom. The number of rotatable bonds is 6. The van der Waals surface area contributed by atoms with Gasteiger partial charge in [0.1, 0.15) is 0 Å². The van der Waals surface area contributed by atoms with E-state index in [4.69, 9.17) is 0 Å². The third kappa shape index (κ3) is 4.65. The summed E-state index contributed by atoms with van der Waals surface area (Å²) in [7, 11) is -3.76. The van der Waals surface area contributed by atoms with Crippen molar-refractivity contribution in [2.24, 2.45) is 0 Å². The van der Waals surface area contributed by atoms with Gasteiger partial charge < -0.3 is 5.32 Å². The number of sulfonamides is 1. The van der Waals surface area contributed by atoms with Crippen LogP contribution < -0.4 is 10.0 Å². The monoisotopic (exact) mass is 432 g/mol. The van der Waals surface area contributed by atoms with E-state index in [1.165, 1.54) is 24.3 Å². The molecule has 0 fully saturated rings. The van der Waals surface area contributed by atoms with Gasteiger partial charge in [0.15, 0.2) is 0 Å². The highest BCUT2D eigenvalue weighted by atomic mass is 32.2. The zero-order valence-electron chi connectivity index (χ0n) is 16.7. The van der Waals surface area contributed by atoms with Crippen LogP contribution in [0.2, 0.25) is 0 Å². The van der Waals surface area contributed by atoms with Gasteiger partial charge in [-0.1, -0.05) is 24.3 Å². The molecule has 0 spiro atoms. The second kappa shape index (κ2) is 8.45. The van der Waals surface area contributed by atoms with Crippen LogP contribution in [0, 0.1) is 6.92 Å². The highest BCUT2D eigenvalue weighted by Crippen LogP contribution is 2.20. The van der Waals surface area contributed by atoms with Crippen molar-refractivity contribution in [2.45, 2.75) is 11.8 Å². The van der Waals surface area contributed by atoms with Gasteiger partial charge in [0, 0.05) is 23.6 Å². The number of aromatic nitrogens is 2. The molecule has 0 saturated heterocycles. The summed E-state index contributed by atoms with van der Waals surface area (Å²) in [5.74, 6) is -0.339. The number of aryl methyl sites for hydroxylation is 1. The van der Waals surface area contributed by atoms with E-state index in [0.717, 1.165) is 11.3 Å². The highest BCUT2D eigenvalue weighted by Gasteiger charge is 2.16. The maximum Gasteiger partial charge on any atom is 0.261 e.